The number of carbonyl (C=O) groups is 1. The molecule has 0 aliphatic carbocycles. The molecular formula is C19H20ClN5O. The second-order valence-electron chi connectivity index (χ2n) is 7.27. The van der Waals surface area contributed by atoms with Crippen LogP contribution in [0.2, 0.25) is 5.02 Å². The number of carbonyl (C=O) groups excluding carboxylic acids is 1. The van der Waals surface area contributed by atoms with Crippen molar-refractivity contribution >= 4 is 28.4 Å². The standard InChI is InChI=1S/C19H20ClN5O/c1-24-6-4-17-14(9-24)18(23-22-17)19(26)25-7-5-16-13(10-25)12-8-11(20)2-3-15(12)21-16/h2-3,8,21H,4-7,9-10H2,1H3,(H,22,23). The summed E-state index contributed by atoms with van der Waals surface area (Å²) in [5, 5.41) is 9.25. The molecule has 2 aliphatic heterocycles. The van der Waals surface area contributed by atoms with Crippen LogP contribution in [0.1, 0.15) is 33.0 Å². The monoisotopic (exact) mass is 369 g/mol. The van der Waals surface area contributed by atoms with E-state index in [1.54, 1.807) is 0 Å². The average molecular weight is 370 g/mol. The summed E-state index contributed by atoms with van der Waals surface area (Å²) in [6.45, 7) is 3.05. The molecule has 5 rings (SSSR count). The zero-order valence-corrected chi connectivity index (χ0v) is 15.4. The van der Waals surface area contributed by atoms with E-state index in [0.29, 0.717) is 23.8 Å². The summed E-state index contributed by atoms with van der Waals surface area (Å²) in [7, 11) is 2.08. The number of aromatic amines is 2. The first-order valence-corrected chi connectivity index (χ1v) is 9.31. The van der Waals surface area contributed by atoms with Gasteiger partial charge in [-0.15, -0.1) is 0 Å². The summed E-state index contributed by atoms with van der Waals surface area (Å²) >= 11 is 6.18. The maximum absolute atomic E-state index is 13.2. The lowest BCUT2D eigenvalue weighted by Gasteiger charge is -2.28. The van der Waals surface area contributed by atoms with Crippen molar-refractivity contribution in [1.82, 2.24) is 25.0 Å². The van der Waals surface area contributed by atoms with E-state index in [9.17, 15) is 4.79 Å². The second-order valence-corrected chi connectivity index (χ2v) is 7.70. The molecule has 0 unspecified atom stereocenters. The Kier molecular flexibility index (Phi) is 3.58. The second kappa shape index (κ2) is 5.86. The van der Waals surface area contributed by atoms with Crippen LogP contribution < -0.4 is 0 Å². The Morgan fingerprint density at radius 1 is 1.15 bits per heavy atom. The molecular weight excluding hydrogens is 350 g/mol. The van der Waals surface area contributed by atoms with Crippen molar-refractivity contribution in [3.8, 4) is 0 Å². The summed E-state index contributed by atoms with van der Waals surface area (Å²) in [4.78, 5) is 20.8. The summed E-state index contributed by atoms with van der Waals surface area (Å²) in [6, 6.07) is 5.87. The molecule has 0 fully saturated rings. The van der Waals surface area contributed by atoms with Crippen molar-refractivity contribution in [3.05, 3.63) is 51.4 Å². The van der Waals surface area contributed by atoms with Gasteiger partial charge in [-0.2, -0.15) is 5.10 Å². The summed E-state index contributed by atoms with van der Waals surface area (Å²) in [5.41, 5.74) is 6.18. The largest absolute Gasteiger partial charge is 0.358 e. The third-order valence-corrected chi connectivity index (χ3v) is 5.79. The van der Waals surface area contributed by atoms with E-state index in [-0.39, 0.29) is 5.91 Å². The van der Waals surface area contributed by atoms with Gasteiger partial charge in [0.05, 0.1) is 0 Å². The number of nitrogens with one attached hydrogen (secondary N) is 2. The number of halogens is 1. The van der Waals surface area contributed by atoms with E-state index >= 15 is 0 Å². The number of likely N-dealkylation sites (N-methyl/N-ethyl adjacent to an activating group) is 1. The zero-order chi connectivity index (χ0) is 17.8. The number of nitrogens with zero attached hydrogens (tertiary/aromatic N) is 3. The third kappa shape index (κ3) is 2.44. The maximum Gasteiger partial charge on any atom is 0.275 e. The number of benzene rings is 1. The normalized spacial score (nSPS) is 17.4. The Balaban J connectivity index is 1.48. The molecule has 1 aromatic carbocycles. The smallest absolute Gasteiger partial charge is 0.275 e. The highest BCUT2D eigenvalue weighted by Crippen LogP contribution is 2.31. The van der Waals surface area contributed by atoms with Crippen LogP contribution in [0.25, 0.3) is 10.9 Å². The maximum atomic E-state index is 13.2. The quantitative estimate of drug-likeness (QED) is 0.693. The zero-order valence-electron chi connectivity index (χ0n) is 14.6. The highest BCUT2D eigenvalue weighted by Gasteiger charge is 2.30. The average Bonchev–Trinajstić information content (AvgIpc) is 3.21. The topological polar surface area (TPSA) is 68.0 Å². The van der Waals surface area contributed by atoms with E-state index in [0.717, 1.165) is 48.1 Å². The molecule has 6 nitrogen and oxygen atoms in total. The van der Waals surface area contributed by atoms with Gasteiger partial charge in [-0.25, -0.2) is 0 Å². The number of amides is 1. The highest BCUT2D eigenvalue weighted by molar-refractivity contribution is 6.31. The first kappa shape index (κ1) is 15.9. The van der Waals surface area contributed by atoms with Gasteiger partial charge in [0.1, 0.15) is 0 Å². The van der Waals surface area contributed by atoms with E-state index in [1.165, 1.54) is 11.3 Å². The fraction of sp³-hybridized carbons (Fsp3) is 0.368. The van der Waals surface area contributed by atoms with Crippen LogP contribution in [0, 0.1) is 0 Å². The number of fused-ring (bicyclic) bond motifs is 4. The molecule has 2 N–H and O–H groups in total. The Bertz CT molecular complexity index is 1020. The van der Waals surface area contributed by atoms with E-state index in [4.69, 9.17) is 11.6 Å². The van der Waals surface area contributed by atoms with Crippen LogP contribution in [-0.4, -0.2) is 51.0 Å². The Morgan fingerprint density at radius 3 is 2.88 bits per heavy atom. The van der Waals surface area contributed by atoms with Crippen LogP contribution >= 0.6 is 11.6 Å². The third-order valence-electron chi connectivity index (χ3n) is 5.55. The van der Waals surface area contributed by atoms with Gasteiger partial charge in [0.2, 0.25) is 0 Å². The van der Waals surface area contributed by atoms with Crippen LogP contribution in [0.3, 0.4) is 0 Å². The van der Waals surface area contributed by atoms with Crippen LogP contribution in [0.4, 0.5) is 0 Å². The summed E-state index contributed by atoms with van der Waals surface area (Å²) in [5.74, 6) is 0.0137. The lowest BCUT2D eigenvalue weighted by molar-refractivity contribution is 0.0727. The minimum atomic E-state index is 0.0137. The van der Waals surface area contributed by atoms with Crippen molar-refractivity contribution in [1.29, 1.82) is 0 Å². The number of hydrogen-bond acceptors (Lipinski definition) is 3. The fourth-order valence-electron chi connectivity index (χ4n) is 4.12. The molecule has 4 heterocycles. The molecule has 0 spiro atoms. The molecule has 0 bridgehead atoms. The predicted molar refractivity (Wildman–Crippen MR) is 100 cm³/mol. The van der Waals surface area contributed by atoms with Gasteiger partial charge >= 0.3 is 0 Å². The van der Waals surface area contributed by atoms with Crippen molar-refractivity contribution in [3.63, 3.8) is 0 Å². The minimum absolute atomic E-state index is 0.0137. The number of hydrogen-bond donors (Lipinski definition) is 2. The molecule has 1 amide bonds. The van der Waals surface area contributed by atoms with Crippen LogP contribution in [-0.2, 0) is 25.9 Å². The van der Waals surface area contributed by atoms with E-state index < -0.39 is 0 Å². The van der Waals surface area contributed by atoms with Crippen molar-refractivity contribution in [2.24, 2.45) is 0 Å². The molecule has 3 aromatic rings. The van der Waals surface area contributed by atoms with E-state index in [1.807, 2.05) is 23.1 Å². The lowest BCUT2D eigenvalue weighted by atomic mass is 10.0. The first-order chi connectivity index (χ1) is 12.6. The molecule has 2 aliphatic rings. The number of rotatable bonds is 1. The van der Waals surface area contributed by atoms with Gasteiger partial charge in [0.25, 0.3) is 5.91 Å². The first-order valence-electron chi connectivity index (χ1n) is 8.93. The minimum Gasteiger partial charge on any atom is -0.358 e. The van der Waals surface area contributed by atoms with Gasteiger partial charge in [-0.05, 0) is 25.2 Å². The Labute approximate surface area is 156 Å². The van der Waals surface area contributed by atoms with Gasteiger partial charge < -0.3 is 14.8 Å². The van der Waals surface area contributed by atoms with Crippen molar-refractivity contribution < 1.29 is 4.79 Å². The Hall–Kier alpha value is -2.31. The van der Waals surface area contributed by atoms with E-state index in [2.05, 4.69) is 27.1 Å². The fourth-order valence-corrected chi connectivity index (χ4v) is 4.29. The molecule has 0 saturated heterocycles. The molecule has 26 heavy (non-hydrogen) atoms. The summed E-state index contributed by atoms with van der Waals surface area (Å²) < 4.78 is 0. The number of H-pyrrole nitrogens is 2. The molecule has 0 atom stereocenters. The Morgan fingerprint density at radius 2 is 2.00 bits per heavy atom. The van der Waals surface area contributed by atoms with Crippen LogP contribution in [0.15, 0.2) is 18.2 Å². The number of aromatic nitrogens is 3. The van der Waals surface area contributed by atoms with Crippen molar-refractivity contribution in [2.75, 3.05) is 20.1 Å². The summed E-state index contributed by atoms with van der Waals surface area (Å²) in [6.07, 6.45) is 1.73. The molecule has 0 radical (unpaired) electrons. The van der Waals surface area contributed by atoms with Crippen LogP contribution in [0.5, 0.6) is 0 Å². The molecule has 7 heteroatoms. The molecule has 2 aromatic heterocycles. The molecule has 134 valence electrons. The van der Waals surface area contributed by atoms with Gasteiger partial charge in [-0.1, -0.05) is 11.6 Å². The lowest BCUT2D eigenvalue weighted by Crippen LogP contribution is -2.37. The molecule has 0 saturated carbocycles. The van der Waals surface area contributed by atoms with Gasteiger partial charge in [0.15, 0.2) is 5.69 Å². The van der Waals surface area contributed by atoms with Crippen molar-refractivity contribution in [2.45, 2.75) is 25.9 Å². The van der Waals surface area contributed by atoms with Gasteiger partial charge in [-0.3, -0.25) is 9.89 Å². The SMILES string of the molecule is CN1CCc2[nH]nc(C(=O)N3CCc4[nH]c5ccc(Cl)cc5c4C3)c2C1. The van der Waals surface area contributed by atoms with Gasteiger partial charge in [0, 0.05) is 77.5 Å². The highest BCUT2D eigenvalue weighted by atomic mass is 35.5. The predicted octanol–water partition coefficient (Wildman–Crippen LogP) is 2.73.